The number of ether oxygens (including phenoxy) is 3. The maximum atomic E-state index is 14.9. The first kappa shape index (κ1) is 37.7. The van der Waals surface area contributed by atoms with Crippen LogP contribution in [0.4, 0.5) is 4.39 Å². The van der Waals surface area contributed by atoms with Gasteiger partial charge in [-0.3, -0.25) is 14.7 Å². The Labute approximate surface area is 304 Å². The quantitative estimate of drug-likeness (QED) is 0.247. The predicted molar refractivity (Wildman–Crippen MR) is 195 cm³/mol. The molecule has 0 bridgehead atoms. The third-order valence-electron chi connectivity index (χ3n) is 10.3. The van der Waals surface area contributed by atoms with Crippen LogP contribution >= 0.6 is 11.3 Å². The second-order valence-electron chi connectivity index (χ2n) is 15.3. The molecule has 3 fully saturated rings. The normalized spacial score (nSPS) is 27.3. The number of benzene rings is 1. The van der Waals surface area contributed by atoms with Crippen LogP contribution in [0.3, 0.4) is 0 Å². The average molecular weight is 762 g/mol. The topological polar surface area (TPSA) is 140 Å². The van der Waals surface area contributed by atoms with Crippen molar-refractivity contribution in [3.63, 3.8) is 0 Å². The number of carbonyl (C=O) groups is 2. The fourth-order valence-electron chi connectivity index (χ4n) is 7.25. The number of amidine groups is 1. The second kappa shape index (κ2) is 14.8. The third-order valence-corrected chi connectivity index (χ3v) is 15.0. The number of thiazole rings is 1. The fourth-order valence-corrected chi connectivity index (χ4v) is 10.8. The summed E-state index contributed by atoms with van der Waals surface area (Å²) in [6.45, 7) is 13.9. The molecule has 6 rings (SSSR count). The molecule has 1 N–H and O–H groups in total. The number of nitrogens with one attached hydrogen (secondary N) is 1. The lowest BCUT2D eigenvalue weighted by atomic mass is 9.70. The number of morpholine rings is 1. The molecule has 2 saturated heterocycles. The molecule has 3 atom stereocenters. The molecule has 12 nitrogen and oxygen atoms in total. The Morgan fingerprint density at radius 1 is 1.20 bits per heavy atom. The minimum Gasteiger partial charge on any atom is -0.466 e. The highest BCUT2D eigenvalue weighted by Gasteiger charge is 2.56. The van der Waals surface area contributed by atoms with Gasteiger partial charge in [0.05, 0.1) is 48.2 Å². The van der Waals surface area contributed by atoms with E-state index in [9.17, 15) is 22.4 Å². The highest BCUT2D eigenvalue weighted by atomic mass is 32.2. The van der Waals surface area contributed by atoms with Gasteiger partial charge in [0, 0.05) is 51.5 Å². The molecule has 51 heavy (non-hydrogen) atoms. The molecule has 3 aliphatic heterocycles. The van der Waals surface area contributed by atoms with E-state index in [1.54, 1.807) is 39.1 Å². The number of hydrogen-bond acceptors (Lipinski definition) is 12. The van der Waals surface area contributed by atoms with Gasteiger partial charge in [0.25, 0.3) is 0 Å². The van der Waals surface area contributed by atoms with Crippen molar-refractivity contribution in [1.29, 1.82) is 0 Å². The molecule has 0 amide bonds. The van der Waals surface area contributed by atoms with Crippen molar-refractivity contribution < 1.29 is 36.6 Å². The zero-order valence-electron chi connectivity index (χ0n) is 30.1. The van der Waals surface area contributed by atoms with Gasteiger partial charge >= 0.3 is 11.9 Å². The first-order valence-electron chi connectivity index (χ1n) is 17.5. The number of esters is 2. The zero-order chi connectivity index (χ0) is 36.7. The number of fused-ring (bicyclic) bond motifs is 1. The van der Waals surface area contributed by atoms with Gasteiger partial charge < -0.3 is 19.5 Å². The molecule has 1 aromatic heterocycles. The lowest BCUT2D eigenvalue weighted by Gasteiger charge is -2.43. The molecular formula is C35H48FN5O7S2Si. The van der Waals surface area contributed by atoms with Crippen molar-refractivity contribution in [1.82, 2.24) is 19.5 Å². The van der Waals surface area contributed by atoms with Crippen molar-refractivity contribution in [2.45, 2.75) is 82.7 Å². The maximum Gasteiger partial charge on any atom is 0.338 e. The van der Waals surface area contributed by atoms with Gasteiger partial charge in [-0.25, -0.2) is 22.6 Å². The van der Waals surface area contributed by atoms with Crippen LogP contribution in [0.15, 0.2) is 46.0 Å². The van der Waals surface area contributed by atoms with Crippen LogP contribution in [-0.2, 0) is 33.8 Å². The van der Waals surface area contributed by atoms with E-state index in [1.165, 1.54) is 21.7 Å². The molecule has 2 unspecified atom stereocenters. The van der Waals surface area contributed by atoms with E-state index >= 15 is 0 Å². The smallest absolute Gasteiger partial charge is 0.338 e. The van der Waals surface area contributed by atoms with Crippen molar-refractivity contribution in [2.75, 3.05) is 46.0 Å². The predicted octanol–water partition coefficient (Wildman–Crippen LogP) is 4.26. The highest BCUT2D eigenvalue weighted by molar-refractivity contribution is 7.89. The summed E-state index contributed by atoms with van der Waals surface area (Å²) in [5.74, 6) is -0.845. The first-order chi connectivity index (χ1) is 24.1. The Hall–Kier alpha value is -3.02. The summed E-state index contributed by atoms with van der Waals surface area (Å²) in [4.78, 5) is 38.1. The standard InChI is InChI=1S/C35H48FN5O7S2Si/c1-7-46-33(42)29-26(38-31(32-37-11-15-49-32)39-30(29)24-9-8-10-25(36)22(24)2)19-40-12-13-47-28-21-41(20-27(28)40)50(44,45)23-17-35(3,18-23)34(43)48-14-16-51(4,5)6/h8-11,15,23,27-28,30H,7,12-14,16-21H2,1-6H3,(H,38,39)/t23?,27?,28?,30-,35?/m0/s1. The Balaban J connectivity index is 1.22. The molecule has 1 aliphatic carbocycles. The van der Waals surface area contributed by atoms with E-state index in [-0.39, 0.29) is 62.8 Å². The molecule has 1 aromatic carbocycles. The van der Waals surface area contributed by atoms with E-state index in [4.69, 9.17) is 19.2 Å². The average Bonchev–Trinajstić information content (AvgIpc) is 3.76. The summed E-state index contributed by atoms with van der Waals surface area (Å²) >= 11 is 1.39. The van der Waals surface area contributed by atoms with Crippen molar-refractivity contribution >= 4 is 47.2 Å². The van der Waals surface area contributed by atoms with Crippen LogP contribution < -0.4 is 5.32 Å². The van der Waals surface area contributed by atoms with Crippen LogP contribution in [0.5, 0.6) is 0 Å². The van der Waals surface area contributed by atoms with Crippen LogP contribution in [0.2, 0.25) is 25.7 Å². The number of aliphatic imine (C=N–C) groups is 1. The van der Waals surface area contributed by atoms with Gasteiger partial charge in [-0.05, 0) is 56.9 Å². The van der Waals surface area contributed by atoms with Crippen molar-refractivity contribution in [3.8, 4) is 0 Å². The van der Waals surface area contributed by atoms with E-state index < -0.39 is 46.6 Å². The molecule has 278 valence electrons. The molecule has 0 radical (unpaired) electrons. The van der Waals surface area contributed by atoms with E-state index in [2.05, 4.69) is 34.8 Å². The van der Waals surface area contributed by atoms with E-state index in [0.29, 0.717) is 47.4 Å². The zero-order valence-corrected chi connectivity index (χ0v) is 32.7. The number of carbonyl (C=O) groups excluding carboxylic acids is 2. The second-order valence-corrected chi connectivity index (χ2v) is 24.0. The summed E-state index contributed by atoms with van der Waals surface area (Å²) in [6, 6.07) is 4.45. The Kier molecular flexibility index (Phi) is 10.9. The van der Waals surface area contributed by atoms with Crippen molar-refractivity contribution in [3.05, 3.63) is 63.0 Å². The summed E-state index contributed by atoms with van der Waals surface area (Å²) in [7, 11) is -5.10. The van der Waals surface area contributed by atoms with Gasteiger partial charge in [-0.1, -0.05) is 31.8 Å². The van der Waals surface area contributed by atoms with Gasteiger partial charge in [-0.2, -0.15) is 4.31 Å². The highest BCUT2D eigenvalue weighted by Crippen LogP contribution is 2.47. The molecule has 4 heterocycles. The summed E-state index contributed by atoms with van der Waals surface area (Å²) in [5.41, 5.74) is 0.898. The molecule has 4 aliphatic rings. The van der Waals surface area contributed by atoms with Gasteiger partial charge in [-0.15, -0.1) is 11.3 Å². The minimum atomic E-state index is -3.73. The summed E-state index contributed by atoms with van der Waals surface area (Å²) in [6.07, 6.45) is 1.72. The molecule has 0 spiro atoms. The van der Waals surface area contributed by atoms with Crippen LogP contribution in [0.1, 0.15) is 48.9 Å². The number of halogens is 1. The molecule has 2 aromatic rings. The van der Waals surface area contributed by atoms with Crippen molar-refractivity contribution in [2.24, 2.45) is 10.4 Å². The van der Waals surface area contributed by atoms with E-state index in [0.717, 1.165) is 6.04 Å². The van der Waals surface area contributed by atoms with Gasteiger partial charge in [0.1, 0.15) is 11.9 Å². The molecule has 1 saturated carbocycles. The Morgan fingerprint density at radius 2 is 1.96 bits per heavy atom. The van der Waals surface area contributed by atoms with Crippen LogP contribution in [0, 0.1) is 18.2 Å². The number of hydrogen-bond donors (Lipinski definition) is 1. The van der Waals surface area contributed by atoms with Gasteiger partial charge in [0.2, 0.25) is 10.0 Å². The third kappa shape index (κ3) is 7.86. The number of aromatic nitrogens is 1. The fraction of sp³-hybridized carbons (Fsp3) is 0.600. The maximum absolute atomic E-state index is 14.9. The summed E-state index contributed by atoms with van der Waals surface area (Å²) in [5, 5.41) is 5.12. The van der Waals surface area contributed by atoms with E-state index in [1.807, 2.05) is 5.38 Å². The largest absolute Gasteiger partial charge is 0.466 e. The first-order valence-corrected chi connectivity index (χ1v) is 23.6. The monoisotopic (exact) mass is 761 g/mol. The lowest BCUT2D eigenvalue weighted by molar-refractivity contribution is -0.159. The Morgan fingerprint density at radius 3 is 2.65 bits per heavy atom. The molecular weight excluding hydrogens is 714 g/mol. The number of sulfonamides is 1. The lowest BCUT2D eigenvalue weighted by Crippen LogP contribution is -2.53. The number of nitrogens with zero attached hydrogens (tertiary/aromatic N) is 4. The van der Waals surface area contributed by atoms with Crippen LogP contribution in [-0.4, -0.2) is 112 Å². The van der Waals surface area contributed by atoms with Crippen LogP contribution in [0.25, 0.3) is 0 Å². The molecule has 16 heteroatoms. The SMILES string of the molecule is CCOC(=O)C1=C(CN2CCOC3CN(S(=O)(=O)C4CC(C)(C(=O)OCC[Si](C)(C)C)C4)CC32)NC(c2nccs2)=N[C@H]1c1cccc(F)c1C. The number of rotatable bonds is 12. The minimum absolute atomic E-state index is 0.138. The Bertz CT molecular complexity index is 1810. The van der Waals surface area contributed by atoms with Gasteiger partial charge in [0.15, 0.2) is 10.8 Å². The summed E-state index contributed by atoms with van der Waals surface area (Å²) < 4.78 is 61.5.